The van der Waals surface area contributed by atoms with Gasteiger partial charge >= 0.3 is 5.97 Å². The Hall–Kier alpha value is -3.07. The molecule has 0 aliphatic carbocycles. The Kier molecular flexibility index (Phi) is 6.33. The van der Waals surface area contributed by atoms with Crippen LogP contribution in [0.4, 0.5) is 5.69 Å². The summed E-state index contributed by atoms with van der Waals surface area (Å²) in [5, 5.41) is 12.4. The molecule has 0 unspecified atom stereocenters. The van der Waals surface area contributed by atoms with Gasteiger partial charge in [0.15, 0.2) is 9.84 Å². The van der Waals surface area contributed by atoms with E-state index in [0.717, 1.165) is 0 Å². The minimum atomic E-state index is -3.83. The third kappa shape index (κ3) is 4.49. The Balaban J connectivity index is 1.75. The van der Waals surface area contributed by atoms with Crippen LogP contribution in [0.15, 0.2) is 41.3 Å². The molecule has 0 saturated carbocycles. The lowest BCUT2D eigenvalue weighted by molar-refractivity contribution is -0.136. The number of aromatic nitrogens is 1. The largest absolute Gasteiger partial charge is 0.481 e. The molecular formula is C24H20Cl2N2O5S. The molecule has 1 aliphatic heterocycles. The minimum Gasteiger partial charge on any atom is -0.481 e. The Bertz CT molecular complexity index is 1470. The SMILES string of the molecule is Cc1[nH]c(C=C2C(=O)Nc3ccc(S(=O)(=O)Cc4c(Cl)cccc4Cl)cc32)c(C)c1CC(=O)O. The molecule has 1 aliphatic rings. The van der Waals surface area contributed by atoms with Crippen LogP contribution in [0.5, 0.6) is 0 Å². The Labute approximate surface area is 206 Å². The van der Waals surface area contributed by atoms with Gasteiger partial charge in [-0.25, -0.2) is 8.42 Å². The summed E-state index contributed by atoms with van der Waals surface area (Å²) in [7, 11) is -3.83. The van der Waals surface area contributed by atoms with Crippen LogP contribution in [0, 0.1) is 13.8 Å². The Morgan fingerprint density at radius 2 is 1.76 bits per heavy atom. The average Bonchev–Trinajstić information content (AvgIpc) is 3.21. The smallest absolute Gasteiger partial charge is 0.307 e. The zero-order valence-corrected chi connectivity index (χ0v) is 20.5. The van der Waals surface area contributed by atoms with Crippen LogP contribution in [-0.2, 0) is 31.6 Å². The molecule has 0 fully saturated rings. The molecule has 1 amide bonds. The first-order valence-corrected chi connectivity index (χ1v) is 12.6. The fourth-order valence-corrected chi connectivity index (χ4v) is 6.09. The number of carboxylic acids is 1. The molecule has 34 heavy (non-hydrogen) atoms. The van der Waals surface area contributed by atoms with E-state index < -0.39 is 21.6 Å². The molecule has 4 rings (SSSR count). The number of aliphatic carboxylic acids is 1. The van der Waals surface area contributed by atoms with Crippen molar-refractivity contribution >= 4 is 62.3 Å². The fraction of sp³-hybridized carbons (Fsp3) is 0.167. The molecule has 0 atom stereocenters. The summed E-state index contributed by atoms with van der Waals surface area (Å²) >= 11 is 12.3. The van der Waals surface area contributed by atoms with Crippen molar-refractivity contribution in [2.75, 3.05) is 5.32 Å². The number of rotatable bonds is 6. The number of fused-ring (bicyclic) bond motifs is 1. The highest BCUT2D eigenvalue weighted by molar-refractivity contribution is 7.90. The van der Waals surface area contributed by atoms with Crippen LogP contribution in [0.1, 0.15) is 33.6 Å². The number of H-pyrrole nitrogens is 1. The lowest BCUT2D eigenvalue weighted by Crippen LogP contribution is -2.06. The maximum Gasteiger partial charge on any atom is 0.307 e. The third-order valence-corrected chi connectivity index (χ3v) is 8.13. The summed E-state index contributed by atoms with van der Waals surface area (Å²) in [6.07, 6.45) is 1.46. The summed E-state index contributed by atoms with van der Waals surface area (Å²) in [6, 6.07) is 9.20. The molecule has 0 spiro atoms. The van der Waals surface area contributed by atoms with Crippen molar-refractivity contribution in [1.29, 1.82) is 0 Å². The van der Waals surface area contributed by atoms with Crippen molar-refractivity contribution in [3.8, 4) is 0 Å². The number of aromatic amines is 1. The highest BCUT2D eigenvalue weighted by Crippen LogP contribution is 2.37. The second-order valence-electron chi connectivity index (χ2n) is 8.02. The van der Waals surface area contributed by atoms with Crippen LogP contribution < -0.4 is 5.32 Å². The van der Waals surface area contributed by atoms with Crippen molar-refractivity contribution in [2.24, 2.45) is 0 Å². The van der Waals surface area contributed by atoms with Gasteiger partial charge in [-0.05, 0) is 61.4 Å². The summed E-state index contributed by atoms with van der Waals surface area (Å²) in [5.74, 6) is -1.73. The first kappa shape index (κ1) is 24.1. The zero-order chi connectivity index (χ0) is 24.8. The second-order valence-corrected chi connectivity index (χ2v) is 10.8. The van der Waals surface area contributed by atoms with Crippen molar-refractivity contribution in [3.05, 3.63) is 80.1 Å². The number of benzene rings is 2. The molecule has 0 saturated heterocycles. The van der Waals surface area contributed by atoms with Gasteiger partial charge in [0.25, 0.3) is 5.91 Å². The van der Waals surface area contributed by atoms with E-state index in [-0.39, 0.29) is 32.8 Å². The van der Waals surface area contributed by atoms with E-state index >= 15 is 0 Å². The van der Waals surface area contributed by atoms with Gasteiger partial charge in [0.05, 0.1) is 22.6 Å². The van der Waals surface area contributed by atoms with E-state index in [4.69, 9.17) is 28.3 Å². The van der Waals surface area contributed by atoms with Gasteiger partial charge in [-0.3, -0.25) is 9.59 Å². The molecule has 7 nitrogen and oxygen atoms in total. The number of sulfone groups is 1. The van der Waals surface area contributed by atoms with E-state index in [1.165, 1.54) is 18.2 Å². The van der Waals surface area contributed by atoms with Gasteiger partial charge in [0.1, 0.15) is 0 Å². The molecule has 2 aromatic carbocycles. The molecule has 2 heterocycles. The minimum absolute atomic E-state index is 0.0237. The quantitative estimate of drug-likeness (QED) is 0.395. The number of halogens is 2. The van der Waals surface area contributed by atoms with Crippen LogP contribution in [0.2, 0.25) is 10.0 Å². The molecule has 10 heteroatoms. The van der Waals surface area contributed by atoms with Gasteiger partial charge in [-0.1, -0.05) is 29.3 Å². The normalized spacial score (nSPS) is 14.4. The van der Waals surface area contributed by atoms with Gasteiger partial charge in [0, 0.05) is 38.2 Å². The van der Waals surface area contributed by atoms with E-state index in [2.05, 4.69) is 10.3 Å². The highest BCUT2D eigenvalue weighted by Gasteiger charge is 2.28. The fourth-order valence-electron chi connectivity index (χ4n) is 3.97. The van der Waals surface area contributed by atoms with E-state index in [9.17, 15) is 18.0 Å². The molecule has 1 aromatic heterocycles. The number of carbonyl (C=O) groups excluding carboxylic acids is 1. The maximum absolute atomic E-state index is 13.2. The van der Waals surface area contributed by atoms with E-state index in [1.54, 1.807) is 38.1 Å². The monoisotopic (exact) mass is 518 g/mol. The van der Waals surface area contributed by atoms with Crippen LogP contribution in [0.3, 0.4) is 0 Å². The standard InChI is InChI=1S/C24H20Cl2N2O5S/c1-12-15(10-23(29)30)13(2)27-22(12)9-17-16-8-14(6-7-21(16)28-24(17)31)34(32,33)11-18-19(25)4-3-5-20(18)26/h3-9,27H,10-11H2,1-2H3,(H,28,31)(H,29,30). The number of hydrogen-bond acceptors (Lipinski definition) is 4. The first-order chi connectivity index (χ1) is 16.0. The van der Waals surface area contributed by atoms with Crippen LogP contribution in [-0.4, -0.2) is 30.4 Å². The zero-order valence-electron chi connectivity index (χ0n) is 18.2. The highest BCUT2D eigenvalue weighted by atomic mass is 35.5. The molecule has 0 radical (unpaired) electrons. The first-order valence-electron chi connectivity index (χ1n) is 10.2. The molecule has 0 bridgehead atoms. The van der Waals surface area contributed by atoms with E-state index in [1.807, 2.05) is 0 Å². The lowest BCUT2D eigenvalue weighted by Gasteiger charge is -2.10. The summed E-state index contributed by atoms with van der Waals surface area (Å²) < 4.78 is 26.3. The Morgan fingerprint density at radius 3 is 2.41 bits per heavy atom. The average molecular weight is 519 g/mol. The number of hydrogen-bond donors (Lipinski definition) is 3. The summed E-state index contributed by atoms with van der Waals surface area (Å²) in [5.41, 5.74) is 4.13. The number of amides is 1. The van der Waals surface area contributed by atoms with Crippen molar-refractivity contribution in [3.63, 3.8) is 0 Å². The van der Waals surface area contributed by atoms with Gasteiger partial charge in [-0.15, -0.1) is 0 Å². The maximum atomic E-state index is 13.2. The number of nitrogens with one attached hydrogen (secondary N) is 2. The Morgan fingerprint density at radius 1 is 1.09 bits per heavy atom. The topological polar surface area (TPSA) is 116 Å². The number of carbonyl (C=O) groups is 2. The molecule has 3 N–H and O–H groups in total. The van der Waals surface area contributed by atoms with Crippen molar-refractivity contribution in [1.82, 2.24) is 4.98 Å². The second kappa shape index (κ2) is 8.94. The van der Waals surface area contributed by atoms with E-state index in [0.29, 0.717) is 39.3 Å². The molecule has 3 aromatic rings. The predicted octanol–water partition coefficient (Wildman–Crippen LogP) is 5.03. The summed E-state index contributed by atoms with van der Waals surface area (Å²) in [6.45, 7) is 3.54. The number of carboxylic acid groups (broad SMARTS) is 1. The third-order valence-electron chi connectivity index (χ3n) is 5.78. The van der Waals surface area contributed by atoms with Crippen LogP contribution in [0.25, 0.3) is 11.6 Å². The van der Waals surface area contributed by atoms with Gasteiger partial charge in [0.2, 0.25) is 0 Å². The number of aryl methyl sites for hydroxylation is 1. The van der Waals surface area contributed by atoms with Crippen molar-refractivity contribution < 1.29 is 23.1 Å². The van der Waals surface area contributed by atoms with Crippen LogP contribution >= 0.6 is 23.2 Å². The predicted molar refractivity (Wildman–Crippen MR) is 132 cm³/mol. The van der Waals surface area contributed by atoms with Gasteiger partial charge in [-0.2, -0.15) is 0 Å². The molecular weight excluding hydrogens is 499 g/mol. The van der Waals surface area contributed by atoms with Crippen molar-refractivity contribution in [2.45, 2.75) is 30.9 Å². The number of anilines is 1. The summed E-state index contributed by atoms with van der Waals surface area (Å²) in [4.78, 5) is 27.0. The van der Waals surface area contributed by atoms with Gasteiger partial charge < -0.3 is 15.4 Å². The lowest BCUT2D eigenvalue weighted by atomic mass is 10.0. The molecule has 176 valence electrons.